The molecule has 0 aromatic heterocycles. The molecular weight excluding hydrogens is 226 g/mol. The van der Waals surface area contributed by atoms with E-state index in [2.05, 4.69) is 12.2 Å². The maximum Gasteiger partial charge on any atom is 0.125 e. The molecule has 0 saturated carbocycles. The van der Waals surface area contributed by atoms with E-state index < -0.39 is 6.10 Å². The average molecular weight is 244 g/mol. The van der Waals surface area contributed by atoms with Crippen LogP contribution in [0.5, 0.6) is 5.75 Å². The van der Waals surface area contributed by atoms with Crippen molar-refractivity contribution in [3.63, 3.8) is 0 Å². The largest absolute Gasteiger partial charge is 0.492 e. The minimum atomic E-state index is -0.423. The maximum atomic E-state index is 10.0. The Labute approximate surface area is 102 Å². The third-order valence-corrected chi connectivity index (χ3v) is 2.72. The van der Waals surface area contributed by atoms with Crippen molar-refractivity contribution < 1.29 is 9.84 Å². The van der Waals surface area contributed by atoms with Crippen molar-refractivity contribution in [2.75, 3.05) is 13.2 Å². The number of aliphatic hydroxyl groups is 1. The van der Waals surface area contributed by atoms with Crippen molar-refractivity contribution in [2.24, 2.45) is 0 Å². The third-order valence-electron chi connectivity index (χ3n) is 2.72. The number of likely N-dealkylation sites (N-methyl/N-ethyl adjacent to an activating group) is 1. The number of fused-ring (bicyclic) bond motifs is 1. The smallest absolute Gasteiger partial charge is 0.125 e. The Balaban J connectivity index is 0.00000128. The van der Waals surface area contributed by atoms with Gasteiger partial charge in [-0.2, -0.15) is 0 Å². The molecule has 0 amide bonds. The summed E-state index contributed by atoms with van der Waals surface area (Å²) < 4.78 is 5.66. The molecule has 1 aromatic rings. The molecule has 1 aliphatic rings. The van der Waals surface area contributed by atoms with Crippen molar-refractivity contribution >= 4 is 12.4 Å². The van der Waals surface area contributed by atoms with E-state index in [1.807, 2.05) is 24.3 Å². The molecular formula is C12H18ClNO2. The van der Waals surface area contributed by atoms with Gasteiger partial charge in [-0.15, -0.1) is 12.4 Å². The molecule has 2 atom stereocenters. The molecule has 1 aromatic carbocycles. The lowest BCUT2D eigenvalue weighted by Gasteiger charge is -2.16. The fourth-order valence-electron chi connectivity index (χ4n) is 1.97. The van der Waals surface area contributed by atoms with Crippen LogP contribution in [0.2, 0.25) is 0 Å². The van der Waals surface area contributed by atoms with Gasteiger partial charge in [-0.3, -0.25) is 0 Å². The fraction of sp³-hybridized carbons (Fsp3) is 0.500. The Morgan fingerprint density at radius 2 is 2.19 bits per heavy atom. The number of benzene rings is 1. The zero-order chi connectivity index (χ0) is 10.7. The summed E-state index contributed by atoms with van der Waals surface area (Å²) in [5.74, 6) is 0.811. The molecule has 0 radical (unpaired) electrons. The molecule has 4 heteroatoms. The molecule has 16 heavy (non-hydrogen) atoms. The number of hydrogen-bond donors (Lipinski definition) is 2. The van der Waals surface area contributed by atoms with Crippen LogP contribution >= 0.6 is 12.4 Å². The van der Waals surface area contributed by atoms with Crippen LogP contribution in [-0.2, 0) is 0 Å². The summed E-state index contributed by atoms with van der Waals surface area (Å²) in [6.07, 6.45) is 0.290. The number of aliphatic hydroxyl groups excluding tert-OH is 1. The summed E-state index contributed by atoms with van der Waals surface area (Å²) in [4.78, 5) is 0. The normalized spacial score (nSPS) is 23.6. The summed E-state index contributed by atoms with van der Waals surface area (Å²) in [6.45, 7) is 3.59. The Morgan fingerprint density at radius 3 is 2.94 bits per heavy atom. The van der Waals surface area contributed by atoms with Gasteiger partial charge in [-0.25, -0.2) is 0 Å². The maximum absolute atomic E-state index is 10.0. The quantitative estimate of drug-likeness (QED) is 0.834. The molecule has 90 valence electrons. The van der Waals surface area contributed by atoms with Crippen LogP contribution in [0.4, 0.5) is 0 Å². The van der Waals surface area contributed by atoms with Crippen molar-refractivity contribution in [2.45, 2.75) is 25.5 Å². The summed E-state index contributed by atoms with van der Waals surface area (Å²) >= 11 is 0. The van der Waals surface area contributed by atoms with Crippen LogP contribution in [0.15, 0.2) is 24.3 Å². The van der Waals surface area contributed by atoms with Crippen LogP contribution in [0.25, 0.3) is 0 Å². The second-order valence-corrected chi connectivity index (χ2v) is 3.85. The molecule has 3 nitrogen and oxygen atoms in total. The second-order valence-electron chi connectivity index (χ2n) is 3.85. The van der Waals surface area contributed by atoms with Gasteiger partial charge in [0.2, 0.25) is 0 Å². The zero-order valence-electron chi connectivity index (χ0n) is 9.35. The number of nitrogens with one attached hydrogen (secondary N) is 1. The third kappa shape index (κ3) is 2.88. The lowest BCUT2D eigenvalue weighted by molar-refractivity contribution is 0.152. The van der Waals surface area contributed by atoms with Crippen molar-refractivity contribution in [1.29, 1.82) is 0 Å². The van der Waals surface area contributed by atoms with Crippen molar-refractivity contribution in [1.82, 2.24) is 5.32 Å². The fourth-order valence-corrected chi connectivity index (χ4v) is 1.97. The first-order chi connectivity index (χ1) is 7.31. The van der Waals surface area contributed by atoms with Crippen LogP contribution in [0.1, 0.15) is 25.0 Å². The van der Waals surface area contributed by atoms with Gasteiger partial charge in [0, 0.05) is 11.6 Å². The predicted molar refractivity (Wildman–Crippen MR) is 66.2 cm³/mol. The van der Waals surface area contributed by atoms with E-state index in [4.69, 9.17) is 4.74 Å². The highest BCUT2D eigenvalue weighted by molar-refractivity contribution is 5.85. The molecule has 2 N–H and O–H groups in total. The highest BCUT2D eigenvalue weighted by Gasteiger charge is 2.22. The standard InChI is InChI=1S/C12H17NO2.ClH/c1-2-13-9-7-11(14)10-5-3-4-6-12(10)15-8-9;/h3-6,9,11,13-14H,2,7-8H2,1H3;1H. The molecule has 2 rings (SSSR count). The summed E-state index contributed by atoms with van der Waals surface area (Å²) in [6, 6.07) is 7.93. The number of rotatable bonds is 2. The SMILES string of the molecule is CCNC1COc2ccccc2C(O)C1.Cl. The monoisotopic (exact) mass is 243 g/mol. The zero-order valence-corrected chi connectivity index (χ0v) is 10.2. The van der Waals surface area contributed by atoms with E-state index in [9.17, 15) is 5.11 Å². The Kier molecular flexibility index (Phi) is 5.06. The van der Waals surface area contributed by atoms with Gasteiger partial charge in [-0.1, -0.05) is 25.1 Å². The summed E-state index contributed by atoms with van der Waals surface area (Å²) in [7, 11) is 0. The Morgan fingerprint density at radius 1 is 1.44 bits per heavy atom. The topological polar surface area (TPSA) is 41.5 Å². The van der Waals surface area contributed by atoms with Crippen LogP contribution < -0.4 is 10.1 Å². The molecule has 0 saturated heterocycles. The second kappa shape index (κ2) is 6.09. The van der Waals surface area contributed by atoms with E-state index in [0.29, 0.717) is 13.0 Å². The lowest BCUT2D eigenvalue weighted by atomic mass is 10.0. The predicted octanol–water partition coefficient (Wildman–Crippen LogP) is 1.90. The van der Waals surface area contributed by atoms with E-state index in [1.165, 1.54) is 0 Å². The molecule has 1 aliphatic heterocycles. The van der Waals surface area contributed by atoms with Gasteiger partial charge < -0.3 is 15.2 Å². The summed E-state index contributed by atoms with van der Waals surface area (Å²) in [5.41, 5.74) is 0.901. The van der Waals surface area contributed by atoms with Gasteiger partial charge >= 0.3 is 0 Å². The van der Waals surface area contributed by atoms with Crippen molar-refractivity contribution in [3.8, 4) is 5.75 Å². The number of hydrogen-bond acceptors (Lipinski definition) is 3. The molecule has 2 unspecified atom stereocenters. The molecule has 0 fully saturated rings. The van der Waals surface area contributed by atoms with Gasteiger partial charge in [-0.05, 0) is 19.0 Å². The first kappa shape index (κ1) is 13.3. The minimum Gasteiger partial charge on any atom is -0.492 e. The molecule has 1 heterocycles. The van der Waals surface area contributed by atoms with Gasteiger partial charge in [0.1, 0.15) is 12.4 Å². The van der Waals surface area contributed by atoms with Crippen LogP contribution in [-0.4, -0.2) is 24.3 Å². The Bertz CT molecular complexity index is 333. The van der Waals surface area contributed by atoms with E-state index >= 15 is 0 Å². The first-order valence-electron chi connectivity index (χ1n) is 5.44. The van der Waals surface area contributed by atoms with E-state index in [1.54, 1.807) is 0 Å². The van der Waals surface area contributed by atoms with Gasteiger partial charge in [0.15, 0.2) is 0 Å². The van der Waals surface area contributed by atoms with Gasteiger partial charge in [0.05, 0.1) is 6.10 Å². The summed E-state index contributed by atoms with van der Waals surface area (Å²) in [5, 5.41) is 13.3. The first-order valence-corrected chi connectivity index (χ1v) is 5.44. The average Bonchev–Trinajstić information content (AvgIpc) is 2.40. The van der Waals surface area contributed by atoms with E-state index in [-0.39, 0.29) is 18.4 Å². The van der Waals surface area contributed by atoms with Crippen LogP contribution in [0.3, 0.4) is 0 Å². The van der Waals surface area contributed by atoms with Gasteiger partial charge in [0.25, 0.3) is 0 Å². The van der Waals surface area contributed by atoms with Crippen LogP contribution in [0, 0.1) is 0 Å². The number of para-hydroxylation sites is 1. The van der Waals surface area contributed by atoms with E-state index in [0.717, 1.165) is 17.9 Å². The molecule has 0 aliphatic carbocycles. The Hall–Kier alpha value is -0.770. The number of halogens is 1. The number of ether oxygens (including phenoxy) is 1. The lowest BCUT2D eigenvalue weighted by Crippen LogP contribution is -2.34. The van der Waals surface area contributed by atoms with Crippen molar-refractivity contribution in [3.05, 3.63) is 29.8 Å². The highest BCUT2D eigenvalue weighted by Crippen LogP contribution is 2.30. The highest BCUT2D eigenvalue weighted by atomic mass is 35.5. The molecule has 0 spiro atoms. The minimum absolute atomic E-state index is 0. The molecule has 0 bridgehead atoms.